The van der Waals surface area contributed by atoms with Crippen molar-refractivity contribution in [2.75, 3.05) is 19.8 Å². The molecule has 2 N–H and O–H groups in total. The summed E-state index contributed by atoms with van der Waals surface area (Å²) in [6, 6.07) is 0. The first-order valence-electron chi connectivity index (χ1n) is 4.53. The lowest BCUT2D eigenvalue weighted by atomic mass is 10.2. The van der Waals surface area contributed by atoms with Crippen LogP contribution in [0.25, 0.3) is 0 Å². The van der Waals surface area contributed by atoms with E-state index in [9.17, 15) is 0 Å². The molecule has 0 aliphatic heterocycles. The van der Waals surface area contributed by atoms with Gasteiger partial charge in [0.25, 0.3) is 0 Å². The molecule has 0 fully saturated rings. The van der Waals surface area contributed by atoms with Crippen LogP contribution in [0.4, 0.5) is 0 Å². The molecular weight excluding hydrogens is 198 g/mol. The van der Waals surface area contributed by atoms with Crippen molar-refractivity contribution < 1.29 is 19.8 Å². The number of ether oxygens (including phenoxy) is 2. The van der Waals surface area contributed by atoms with Gasteiger partial charge >= 0.3 is 0 Å². The van der Waals surface area contributed by atoms with Gasteiger partial charge in [-0.25, -0.2) is 0 Å². The quantitative estimate of drug-likeness (QED) is 0.255. The summed E-state index contributed by atoms with van der Waals surface area (Å²) < 4.78 is 10.5. The van der Waals surface area contributed by atoms with Crippen LogP contribution in [0.1, 0.15) is 0 Å². The standard InChI is InChI=1S/C10H17NO4/c1-3-5-14-9(7-11-13)10(8-12)15-6-4-2/h3-4,7,9-10,12-13H,1-2,5-6,8H2/b11-7+/t9-,10-/m0/s1. The van der Waals surface area contributed by atoms with Crippen LogP contribution in [0.3, 0.4) is 0 Å². The van der Waals surface area contributed by atoms with Gasteiger partial charge < -0.3 is 19.8 Å². The number of hydrogen-bond acceptors (Lipinski definition) is 5. The Labute approximate surface area is 89.3 Å². The Morgan fingerprint density at radius 1 is 1.20 bits per heavy atom. The number of oxime groups is 1. The summed E-state index contributed by atoms with van der Waals surface area (Å²) in [7, 11) is 0. The van der Waals surface area contributed by atoms with Gasteiger partial charge in [0.2, 0.25) is 0 Å². The topological polar surface area (TPSA) is 71.3 Å². The highest BCUT2D eigenvalue weighted by molar-refractivity contribution is 5.63. The predicted molar refractivity (Wildman–Crippen MR) is 57.2 cm³/mol. The van der Waals surface area contributed by atoms with Crippen LogP contribution in [0.5, 0.6) is 0 Å². The average Bonchev–Trinajstić information content (AvgIpc) is 2.26. The summed E-state index contributed by atoms with van der Waals surface area (Å²) in [6.07, 6.45) is 3.08. The summed E-state index contributed by atoms with van der Waals surface area (Å²) in [4.78, 5) is 0. The lowest BCUT2D eigenvalue weighted by Crippen LogP contribution is -2.36. The third-order valence-corrected chi connectivity index (χ3v) is 1.59. The first kappa shape index (κ1) is 13.8. The smallest absolute Gasteiger partial charge is 0.125 e. The van der Waals surface area contributed by atoms with E-state index < -0.39 is 12.2 Å². The fourth-order valence-electron chi connectivity index (χ4n) is 0.934. The monoisotopic (exact) mass is 215 g/mol. The van der Waals surface area contributed by atoms with E-state index in [-0.39, 0.29) is 13.2 Å². The summed E-state index contributed by atoms with van der Waals surface area (Å²) in [5.41, 5.74) is 0. The maximum absolute atomic E-state index is 9.04. The molecule has 0 heterocycles. The van der Waals surface area contributed by atoms with Crippen molar-refractivity contribution in [1.82, 2.24) is 0 Å². The summed E-state index contributed by atoms with van der Waals surface area (Å²) in [5, 5.41) is 20.3. The first-order valence-corrected chi connectivity index (χ1v) is 4.53. The second kappa shape index (κ2) is 9.39. The van der Waals surface area contributed by atoms with E-state index in [1.165, 1.54) is 0 Å². The predicted octanol–water partition coefficient (Wildman–Crippen LogP) is 0.581. The molecule has 0 saturated heterocycles. The largest absolute Gasteiger partial charge is 0.411 e. The second-order valence-electron chi connectivity index (χ2n) is 2.69. The molecule has 0 radical (unpaired) electrons. The van der Waals surface area contributed by atoms with Gasteiger partial charge in [0.15, 0.2) is 0 Å². The van der Waals surface area contributed by atoms with Crippen molar-refractivity contribution >= 4 is 6.21 Å². The SMILES string of the molecule is C=CCO[C@@H](/C=N/O)[C@H](CO)OCC=C. The minimum atomic E-state index is -0.613. The summed E-state index contributed by atoms with van der Waals surface area (Å²) in [5.74, 6) is 0. The second-order valence-corrected chi connectivity index (χ2v) is 2.69. The van der Waals surface area contributed by atoms with Gasteiger partial charge in [-0.3, -0.25) is 0 Å². The van der Waals surface area contributed by atoms with Gasteiger partial charge in [0.05, 0.1) is 26.0 Å². The normalized spacial score (nSPS) is 15.0. The van der Waals surface area contributed by atoms with E-state index in [4.69, 9.17) is 19.8 Å². The summed E-state index contributed by atoms with van der Waals surface area (Å²) in [6.45, 7) is 7.31. The van der Waals surface area contributed by atoms with Crippen LogP contribution >= 0.6 is 0 Å². The van der Waals surface area contributed by atoms with Crippen LogP contribution < -0.4 is 0 Å². The number of nitrogens with zero attached hydrogens (tertiary/aromatic N) is 1. The highest BCUT2D eigenvalue weighted by Gasteiger charge is 2.20. The van der Waals surface area contributed by atoms with Crippen LogP contribution in [0, 0.1) is 0 Å². The Kier molecular flexibility index (Phi) is 8.66. The highest BCUT2D eigenvalue weighted by Crippen LogP contribution is 2.03. The molecule has 5 nitrogen and oxygen atoms in total. The molecule has 86 valence electrons. The van der Waals surface area contributed by atoms with Gasteiger partial charge in [-0.1, -0.05) is 17.3 Å². The Bertz CT molecular complexity index is 206. The van der Waals surface area contributed by atoms with Crippen molar-refractivity contribution in [1.29, 1.82) is 0 Å². The molecule has 5 heteroatoms. The molecule has 0 aromatic heterocycles. The van der Waals surface area contributed by atoms with Crippen molar-refractivity contribution in [3.8, 4) is 0 Å². The highest BCUT2D eigenvalue weighted by atomic mass is 16.5. The van der Waals surface area contributed by atoms with E-state index in [1.807, 2.05) is 0 Å². The molecule has 2 atom stereocenters. The molecule has 0 unspecified atom stereocenters. The van der Waals surface area contributed by atoms with Crippen LogP contribution in [-0.2, 0) is 9.47 Å². The lowest BCUT2D eigenvalue weighted by molar-refractivity contribution is -0.0501. The fourth-order valence-corrected chi connectivity index (χ4v) is 0.934. The van der Waals surface area contributed by atoms with Crippen LogP contribution in [-0.4, -0.2) is 48.6 Å². The molecule has 15 heavy (non-hydrogen) atoms. The average molecular weight is 215 g/mol. The number of rotatable bonds is 9. The third kappa shape index (κ3) is 6.01. The van der Waals surface area contributed by atoms with E-state index in [0.717, 1.165) is 6.21 Å². The molecule has 0 aliphatic rings. The lowest BCUT2D eigenvalue weighted by Gasteiger charge is -2.21. The van der Waals surface area contributed by atoms with Crippen molar-refractivity contribution in [3.63, 3.8) is 0 Å². The van der Waals surface area contributed by atoms with E-state index in [2.05, 4.69) is 18.3 Å². The molecule has 0 spiro atoms. The van der Waals surface area contributed by atoms with Gasteiger partial charge in [-0.05, 0) is 0 Å². The zero-order valence-corrected chi connectivity index (χ0v) is 8.58. The van der Waals surface area contributed by atoms with Crippen LogP contribution in [0.15, 0.2) is 30.5 Å². The van der Waals surface area contributed by atoms with Gasteiger partial charge in [0, 0.05) is 0 Å². The van der Waals surface area contributed by atoms with Crippen molar-refractivity contribution in [2.45, 2.75) is 12.2 Å². The Hall–Kier alpha value is -1.17. The Morgan fingerprint density at radius 2 is 1.80 bits per heavy atom. The number of hydrogen-bond donors (Lipinski definition) is 2. The van der Waals surface area contributed by atoms with E-state index in [1.54, 1.807) is 12.2 Å². The number of aliphatic hydroxyl groups is 1. The minimum absolute atomic E-state index is 0.234. The Balaban J connectivity index is 4.24. The molecule has 0 rings (SSSR count). The van der Waals surface area contributed by atoms with Crippen molar-refractivity contribution in [3.05, 3.63) is 25.3 Å². The van der Waals surface area contributed by atoms with Crippen molar-refractivity contribution in [2.24, 2.45) is 5.16 Å². The third-order valence-electron chi connectivity index (χ3n) is 1.59. The molecule has 0 bridgehead atoms. The number of aliphatic hydroxyl groups excluding tert-OH is 1. The molecule has 0 aromatic rings. The fraction of sp³-hybridized carbons (Fsp3) is 0.500. The molecular formula is C10H17NO4. The molecule has 0 saturated carbocycles. The maximum Gasteiger partial charge on any atom is 0.125 e. The minimum Gasteiger partial charge on any atom is -0.411 e. The van der Waals surface area contributed by atoms with E-state index in [0.29, 0.717) is 6.61 Å². The zero-order valence-electron chi connectivity index (χ0n) is 8.58. The molecule has 0 amide bonds. The van der Waals surface area contributed by atoms with Gasteiger partial charge in [-0.15, -0.1) is 13.2 Å². The zero-order chi connectivity index (χ0) is 11.5. The van der Waals surface area contributed by atoms with Gasteiger partial charge in [-0.2, -0.15) is 0 Å². The molecule has 0 aliphatic carbocycles. The van der Waals surface area contributed by atoms with E-state index >= 15 is 0 Å². The maximum atomic E-state index is 9.04. The summed E-state index contributed by atoms with van der Waals surface area (Å²) >= 11 is 0. The first-order chi connectivity index (χ1) is 7.29. The van der Waals surface area contributed by atoms with Gasteiger partial charge in [0.1, 0.15) is 12.2 Å². The molecule has 0 aromatic carbocycles. The Morgan fingerprint density at radius 3 is 2.27 bits per heavy atom. The van der Waals surface area contributed by atoms with Crippen LogP contribution in [0.2, 0.25) is 0 Å².